The number of hydrogen-bond acceptors (Lipinski definition) is 2. The fourth-order valence-corrected chi connectivity index (χ4v) is 7.33. The molecule has 0 spiro atoms. The van der Waals surface area contributed by atoms with E-state index in [1.807, 2.05) is 0 Å². The van der Waals surface area contributed by atoms with Crippen molar-refractivity contribution in [3.63, 3.8) is 0 Å². The Morgan fingerprint density at radius 1 is 1.07 bits per heavy atom. The predicted octanol–water partition coefficient (Wildman–Crippen LogP) is 2.32. The molecule has 2 nitrogen and oxygen atoms in total. The summed E-state index contributed by atoms with van der Waals surface area (Å²) in [6, 6.07) is 0. The molecule has 0 aromatic heterocycles. The highest BCUT2D eigenvalue weighted by Crippen LogP contribution is 2.72. The lowest BCUT2D eigenvalue weighted by Gasteiger charge is -2.58. The zero-order chi connectivity index (χ0) is 10.0. The zero-order valence-electron chi connectivity index (χ0n) is 8.13. The summed E-state index contributed by atoms with van der Waals surface area (Å²) in [6.45, 7) is 0. The Morgan fingerprint density at radius 2 is 1.79 bits per heavy atom. The predicted molar refractivity (Wildman–Crippen MR) is 56.0 cm³/mol. The molecule has 4 heteroatoms. The smallest absolute Gasteiger partial charge is 0.168 e. The van der Waals surface area contributed by atoms with Gasteiger partial charge in [-0.25, -0.2) is 8.42 Å². The molecule has 0 bridgehead atoms. The van der Waals surface area contributed by atoms with Crippen LogP contribution in [0.4, 0.5) is 0 Å². The number of alkyl halides is 1. The van der Waals surface area contributed by atoms with Gasteiger partial charge >= 0.3 is 0 Å². The summed E-state index contributed by atoms with van der Waals surface area (Å²) in [5.74, 6) is 0.369. The summed E-state index contributed by atoms with van der Waals surface area (Å²) in [4.78, 5) is 0. The monoisotopic (exact) mass is 234 g/mol. The van der Waals surface area contributed by atoms with Crippen molar-refractivity contribution in [2.45, 2.75) is 43.2 Å². The van der Waals surface area contributed by atoms with Gasteiger partial charge in [0.2, 0.25) is 0 Å². The van der Waals surface area contributed by atoms with Gasteiger partial charge < -0.3 is 0 Å². The third kappa shape index (κ3) is 0.827. The van der Waals surface area contributed by atoms with Crippen LogP contribution < -0.4 is 0 Å². The highest BCUT2D eigenvalue weighted by Gasteiger charge is 2.71. The van der Waals surface area contributed by atoms with Gasteiger partial charge in [0.1, 0.15) is 4.71 Å². The fraction of sp³-hybridized carbons (Fsp3) is 1.00. The average Bonchev–Trinajstić information content (AvgIpc) is 2.23. The number of sulfone groups is 1. The Morgan fingerprint density at radius 3 is 2.36 bits per heavy atom. The third-order valence-electron chi connectivity index (χ3n) is 4.86. The van der Waals surface area contributed by atoms with E-state index in [0.29, 0.717) is 5.75 Å². The second-order valence-corrected chi connectivity index (χ2v) is 8.05. The molecule has 0 unspecified atom stereocenters. The minimum Gasteiger partial charge on any atom is -0.227 e. The van der Waals surface area contributed by atoms with E-state index in [4.69, 9.17) is 11.6 Å². The standard InChI is InChI=1S/C10H15ClO2S/c11-8-10-4-2-1-3-9(10,5-6-10)7-14(8,12)13/h8H,1-7H2/t8-,9-,10-/m1/s1. The topological polar surface area (TPSA) is 34.1 Å². The molecule has 3 rings (SSSR count). The van der Waals surface area contributed by atoms with Crippen LogP contribution in [-0.2, 0) is 9.84 Å². The van der Waals surface area contributed by atoms with Crippen molar-refractivity contribution >= 4 is 21.4 Å². The van der Waals surface area contributed by atoms with Gasteiger partial charge in [0.25, 0.3) is 0 Å². The Hall–Kier alpha value is 0.240. The van der Waals surface area contributed by atoms with Crippen LogP contribution >= 0.6 is 11.6 Å². The normalized spacial score (nSPS) is 54.5. The van der Waals surface area contributed by atoms with Gasteiger partial charge in [-0.1, -0.05) is 12.8 Å². The molecule has 80 valence electrons. The Balaban J connectivity index is 2.12. The highest BCUT2D eigenvalue weighted by atomic mass is 35.5. The maximum absolute atomic E-state index is 11.8. The molecule has 3 atom stereocenters. The van der Waals surface area contributed by atoms with Crippen LogP contribution in [0.5, 0.6) is 0 Å². The number of rotatable bonds is 0. The van der Waals surface area contributed by atoms with Crippen LogP contribution in [0.25, 0.3) is 0 Å². The maximum atomic E-state index is 11.8. The van der Waals surface area contributed by atoms with Crippen molar-refractivity contribution in [2.24, 2.45) is 10.8 Å². The van der Waals surface area contributed by atoms with E-state index in [1.54, 1.807) is 0 Å². The van der Waals surface area contributed by atoms with Crippen molar-refractivity contribution in [1.29, 1.82) is 0 Å². The second-order valence-electron chi connectivity index (χ2n) is 5.27. The van der Waals surface area contributed by atoms with Gasteiger partial charge in [-0.15, -0.1) is 11.6 Å². The third-order valence-corrected chi connectivity index (χ3v) is 8.13. The molecule has 0 radical (unpaired) electrons. The molecular weight excluding hydrogens is 220 g/mol. The quantitative estimate of drug-likeness (QED) is 0.603. The summed E-state index contributed by atoms with van der Waals surface area (Å²) in [5, 5.41) is 0. The van der Waals surface area contributed by atoms with Gasteiger partial charge in [0.15, 0.2) is 9.84 Å². The van der Waals surface area contributed by atoms with Crippen LogP contribution in [0, 0.1) is 10.8 Å². The number of hydrogen-bond donors (Lipinski definition) is 0. The lowest BCUT2D eigenvalue weighted by Crippen LogP contribution is -2.54. The average molecular weight is 235 g/mol. The van der Waals surface area contributed by atoms with E-state index in [2.05, 4.69) is 0 Å². The molecule has 0 N–H and O–H groups in total. The molecule has 2 saturated carbocycles. The van der Waals surface area contributed by atoms with Gasteiger partial charge in [-0.3, -0.25) is 0 Å². The molecule has 0 aromatic carbocycles. The lowest BCUT2D eigenvalue weighted by molar-refractivity contribution is -0.0769. The zero-order valence-corrected chi connectivity index (χ0v) is 9.70. The van der Waals surface area contributed by atoms with Crippen LogP contribution in [0.3, 0.4) is 0 Å². The second kappa shape index (κ2) is 2.49. The molecule has 2 aliphatic carbocycles. The first-order valence-electron chi connectivity index (χ1n) is 5.38. The largest absolute Gasteiger partial charge is 0.227 e. The van der Waals surface area contributed by atoms with Crippen molar-refractivity contribution in [1.82, 2.24) is 0 Å². The number of halogens is 1. The molecule has 1 heterocycles. The van der Waals surface area contributed by atoms with Crippen LogP contribution in [-0.4, -0.2) is 18.9 Å². The molecular formula is C10H15ClO2S. The molecule has 0 amide bonds. The first kappa shape index (κ1) is 9.46. The SMILES string of the molecule is O=S1(=O)C[C@]23CCCC[C@@]2(CC3)[C@@H]1Cl. The van der Waals surface area contributed by atoms with E-state index < -0.39 is 14.5 Å². The van der Waals surface area contributed by atoms with Gasteiger partial charge in [0.05, 0.1) is 5.75 Å². The first-order valence-corrected chi connectivity index (χ1v) is 7.53. The van der Waals surface area contributed by atoms with E-state index >= 15 is 0 Å². The van der Waals surface area contributed by atoms with Crippen molar-refractivity contribution in [3.05, 3.63) is 0 Å². The van der Waals surface area contributed by atoms with Gasteiger partial charge in [-0.2, -0.15) is 0 Å². The molecule has 1 aliphatic heterocycles. The molecule has 14 heavy (non-hydrogen) atoms. The Kier molecular flexibility index (Phi) is 1.68. The van der Waals surface area contributed by atoms with Gasteiger partial charge in [-0.05, 0) is 31.1 Å². The first-order chi connectivity index (χ1) is 6.53. The summed E-state index contributed by atoms with van der Waals surface area (Å²) in [6.07, 6.45) is 6.63. The molecule has 3 aliphatic rings. The van der Waals surface area contributed by atoms with E-state index in [1.165, 1.54) is 12.8 Å². The summed E-state index contributed by atoms with van der Waals surface area (Å²) in [5.41, 5.74) is 0.0716. The molecule has 0 aromatic rings. The summed E-state index contributed by atoms with van der Waals surface area (Å²) >= 11 is 6.17. The Labute approximate surface area is 89.9 Å². The van der Waals surface area contributed by atoms with Gasteiger partial charge in [0, 0.05) is 5.41 Å². The highest BCUT2D eigenvalue weighted by molar-refractivity contribution is 7.93. The Bertz CT molecular complexity index is 378. The van der Waals surface area contributed by atoms with E-state index in [9.17, 15) is 8.42 Å². The minimum atomic E-state index is -3.00. The summed E-state index contributed by atoms with van der Waals surface area (Å²) < 4.78 is 23.1. The summed E-state index contributed by atoms with van der Waals surface area (Å²) in [7, 11) is -3.00. The van der Waals surface area contributed by atoms with Crippen LogP contribution in [0.1, 0.15) is 38.5 Å². The molecule has 1 saturated heterocycles. The maximum Gasteiger partial charge on any atom is 0.168 e. The molecule has 3 fully saturated rings. The lowest BCUT2D eigenvalue weighted by atomic mass is 9.45. The van der Waals surface area contributed by atoms with Crippen LogP contribution in [0.2, 0.25) is 0 Å². The van der Waals surface area contributed by atoms with E-state index in [-0.39, 0.29) is 10.8 Å². The van der Waals surface area contributed by atoms with Crippen molar-refractivity contribution in [3.8, 4) is 0 Å². The van der Waals surface area contributed by atoms with E-state index in [0.717, 1.165) is 25.7 Å². The fourth-order valence-electron chi connectivity index (χ4n) is 4.03. The van der Waals surface area contributed by atoms with Crippen LogP contribution in [0.15, 0.2) is 0 Å². The van der Waals surface area contributed by atoms with Crippen molar-refractivity contribution < 1.29 is 8.42 Å². The van der Waals surface area contributed by atoms with Crippen molar-refractivity contribution in [2.75, 3.05) is 5.75 Å². The minimum absolute atomic E-state index is 0.0222.